The van der Waals surface area contributed by atoms with Gasteiger partial charge >= 0.3 is 11.9 Å². The topological polar surface area (TPSA) is 145 Å². The van der Waals surface area contributed by atoms with Crippen LogP contribution in [0.25, 0.3) is 21.9 Å². The Morgan fingerprint density at radius 3 is 2.45 bits per heavy atom. The lowest BCUT2D eigenvalue weighted by Gasteiger charge is -2.36. The first kappa shape index (κ1) is 41.3. The third-order valence-corrected chi connectivity index (χ3v) is 12.1. The highest BCUT2D eigenvalue weighted by Crippen LogP contribution is 2.36. The van der Waals surface area contributed by atoms with E-state index in [9.17, 15) is 41.1 Å². The SMILES string of the molecule is Cn1c(=O)n(C2CCC(=O)NC2=O)c2cccc(CCOC3CCN(CC4CCC(n5cc6cc(NC(=O)c7cccc(C(F)(F)F)n7)c(C(F)F)cc6n5)CC4)CC3)c21. The van der Waals surface area contributed by atoms with Gasteiger partial charge in [0.25, 0.3) is 12.3 Å². The quantitative estimate of drug-likeness (QED) is 0.110. The predicted molar refractivity (Wildman–Crippen MR) is 211 cm³/mol. The van der Waals surface area contributed by atoms with Gasteiger partial charge in [-0.1, -0.05) is 18.2 Å². The minimum atomic E-state index is -4.77. The zero-order chi connectivity index (χ0) is 42.3. The van der Waals surface area contributed by atoms with E-state index in [2.05, 4.69) is 25.6 Å². The van der Waals surface area contributed by atoms with Crippen molar-refractivity contribution in [3.05, 3.63) is 87.7 Å². The number of halogens is 5. The highest BCUT2D eigenvalue weighted by Gasteiger charge is 2.34. The second kappa shape index (κ2) is 16.9. The number of hydrogen-bond acceptors (Lipinski definition) is 8. The predicted octanol–water partition coefficient (Wildman–Crippen LogP) is 6.73. The summed E-state index contributed by atoms with van der Waals surface area (Å²) in [6.07, 6.45) is 0.697. The van der Waals surface area contributed by atoms with Gasteiger partial charge in [0, 0.05) is 50.2 Å². The Morgan fingerprint density at radius 1 is 0.983 bits per heavy atom. The van der Waals surface area contributed by atoms with E-state index in [0.29, 0.717) is 35.4 Å². The smallest absolute Gasteiger partial charge is 0.378 e. The van der Waals surface area contributed by atoms with Crippen molar-refractivity contribution < 1.29 is 41.1 Å². The summed E-state index contributed by atoms with van der Waals surface area (Å²) in [6, 6.07) is 10.4. The lowest BCUT2D eigenvalue weighted by molar-refractivity contribution is -0.141. The third kappa shape index (κ3) is 8.57. The summed E-state index contributed by atoms with van der Waals surface area (Å²) in [7, 11) is 1.70. The molecule has 1 saturated carbocycles. The van der Waals surface area contributed by atoms with Gasteiger partial charge in [-0.3, -0.25) is 33.5 Å². The van der Waals surface area contributed by atoms with Crippen molar-refractivity contribution in [1.29, 1.82) is 0 Å². The van der Waals surface area contributed by atoms with Gasteiger partial charge in [0.2, 0.25) is 11.8 Å². The van der Waals surface area contributed by atoms with E-state index in [-0.39, 0.29) is 42.3 Å². The maximum absolute atomic E-state index is 14.1. The van der Waals surface area contributed by atoms with Gasteiger partial charge in [-0.15, -0.1) is 0 Å². The fourth-order valence-electron chi connectivity index (χ4n) is 8.99. The first-order chi connectivity index (χ1) is 28.7. The Balaban J connectivity index is 0.815. The van der Waals surface area contributed by atoms with Crippen molar-refractivity contribution in [2.75, 3.05) is 31.6 Å². The van der Waals surface area contributed by atoms with Crippen LogP contribution in [0.5, 0.6) is 0 Å². The van der Waals surface area contributed by atoms with Gasteiger partial charge < -0.3 is 15.0 Å². The van der Waals surface area contributed by atoms with Gasteiger partial charge in [0.05, 0.1) is 41.0 Å². The molecule has 5 aromatic rings. The van der Waals surface area contributed by atoms with E-state index in [1.807, 2.05) is 18.2 Å². The molecule has 13 nitrogen and oxygen atoms in total. The molecule has 0 radical (unpaired) electrons. The monoisotopic (exact) mass is 836 g/mol. The molecule has 0 bridgehead atoms. The Kier molecular flexibility index (Phi) is 11.6. The fourth-order valence-corrected chi connectivity index (χ4v) is 8.99. The average molecular weight is 837 g/mol. The van der Waals surface area contributed by atoms with Crippen LogP contribution < -0.4 is 16.3 Å². The summed E-state index contributed by atoms with van der Waals surface area (Å²) in [5, 5.41) is 9.80. The number of hydrogen-bond donors (Lipinski definition) is 2. The van der Waals surface area contributed by atoms with Crippen LogP contribution >= 0.6 is 0 Å². The number of carbonyl (C=O) groups excluding carboxylic acids is 3. The number of nitrogens with zero attached hydrogens (tertiary/aromatic N) is 6. The van der Waals surface area contributed by atoms with Crippen LogP contribution in [0.15, 0.2) is 59.5 Å². The number of imide groups is 1. The zero-order valence-electron chi connectivity index (χ0n) is 32.9. The minimum absolute atomic E-state index is 0.0689. The van der Waals surface area contributed by atoms with E-state index >= 15 is 0 Å². The largest absolute Gasteiger partial charge is 0.433 e. The maximum Gasteiger partial charge on any atom is 0.433 e. The molecule has 2 aromatic carbocycles. The molecule has 2 N–H and O–H groups in total. The summed E-state index contributed by atoms with van der Waals surface area (Å²) in [4.78, 5) is 56.2. The van der Waals surface area contributed by atoms with Crippen molar-refractivity contribution in [1.82, 2.24) is 34.1 Å². The molecule has 3 amide bonds. The van der Waals surface area contributed by atoms with Crippen molar-refractivity contribution in [2.45, 2.75) is 88.6 Å². The number of aryl methyl sites for hydroxylation is 1. The number of carbonyl (C=O) groups is 3. The summed E-state index contributed by atoms with van der Waals surface area (Å²) in [5.74, 6) is -1.33. The Bertz CT molecular complexity index is 2480. The molecule has 3 fully saturated rings. The molecule has 60 heavy (non-hydrogen) atoms. The average Bonchev–Trinajstić information content (AvgIpc) is 3.75. The number of ether oxygens (including phenoxy) is 1. The molecule has 1 unspecified atom stereocenters. The minimum Gasteiger partial charge on any atom is -0.378 e. The number of pyridine rings is 1. The first-order valence-corrected chi connectivity index (χ1v) is 20.3. The van der Waals surface area contributed by atoms with Gasteiger partial charge in [-0.25, -0.2) is 18.6 Å². The van der Waals surface area contributed by atoms with Crippen LogP contribution in [-0.4, -0.2) is 78.9 Å². The van der Waals surface area contributed by atoms with Crippen molar-refractivity contribution in [2.24, 2.45) is 13.0 Å². The van der Waals surface area contributed by atoms with Gasteiger partial charge in [0.1, 0.15) is 17.4 Å². The van der Waals surface area contributed by atoms with E-state index in [1.165, 1.54) is 16.7 Å². The normalized spacial score (nSPS) is 20.9. The molecule has 8 rings (SSSR count). The maximum atomic E-state index is 14.1. The number of amides is 3. The Morgan fingerprint density at radius 2 is 1.73 bits per heavy atom. The van der Waals surface area contributed by atoms with Crippen molar-refractivity contribution >= 4 is 45.3 Å². The number of likely N-dealkylation sites (tertiary alicyclic amines) is 1. The van der Waals surface area contributed by atoms with Gasteiger partial charge in [0.15, 0.2) is 0 Å². The van der Waals surface area contributed by atoms with E-state index < -0.39 is 47.4 Å². The van der Waals surface area contributed by atoms with Crippen LogP contribution in [0.4, 0.5) is 27.6 Å². The van der Waals surface area contributed by atoms with Crippen LogP contribution in [-0.2, 0) is 34.0 Å². The lowest BCUT2D eigenvalue weighted by atomic mass is 9.85. The molecule has 5 heterocycles. The fraction of sp³-hybridized carbons (Fsp3) is 0.476. The third-order valence-electron chi connectivity index (χ3n) is 12.1. The number of alkyl halides is 5. The molecule has 1 aliphatic carbocycles. The molecule has 3 aromatic heterocycles. The molecule has 2 saturated heterocycles. The number of anilines is 1. The summed E-state index contributed by atoms with van der Waals surface area (Å²) in [6.45, 7) is 3.30. The molecular formula is C42H45F5N8O5. The van der Waals surface area contributed by atoms with Crippen LogP contribution in [0, 0.1) is 5.92 Å². The van der Waals surface area contributed by atoms with Crippen molar-refractivity contribution in [3.63, 3.8) is 0 Å². The number of para-hydroxylation sites is 1. The molecule has 3 aliphatic rings. The number of rotatable bonds is 11. The summed E-state index contributed by atoms with van der Waals surface area (Å²) < 4.78 is 78.9. The zero-order valence-corrected chi connectivity index (χ0v) is 32.9. The number of fused-ring (bicyclic) bond motifs is 2. The van der Waals surface area contributed by atoms with E-state index in [0.717, 1.165) is 87.4 Å². The number of imidazole rings is 1. The lowest BCUT2D eigenvalue weighted by Crippen LogP contribution is -2.44. The molecule has 2 aliphatic heterocycles. The van der Waals surface area contributed by atoms with Gasteiger partial charge in [-0.05, 0) is 93.2 Å². The second-order valence-electron chi connectivity index (χ2n) is 16.0. The summed E-state index contributed by atoms with van der Waals surface area (Å²) in [5.41, 5.74) is -0.105. The van der Waals surface area contributed by atoms with Crippen LogP contribution in [0.3, 0.4) is 0 Å². The Hall–Kier alpha value is -5.49. The standard InChI is InChI=1S/C42H45F5N8O5/c1-52-37-25(4-2-6-33(37)55(41(52)59)34-12-13-36(56)50-40(34)58)16-19-60-28-14-17-53(18-15-28)22-24-8-10-27(11-9-24)54-23-26-20-32(29(38(43)44)21-31(26)51-54)49-39(57)30-5-3-7-35(48-30)42(45,46)47/h2-7,20-21,23-24,27-28,34,38H,8-19,22H2,1H3,(H,49,57)(H,50,56,58). The molecule has 0 spiro atoms. The number of piperidine rings is 2. The van der Waals surface area contributed by atoms with Crippen LogP contribution in [0.1, 0.15) is 97.2 Å². The Labute approximate surface area is 340 Å². The highest BCUT2D eigenvalue weighted by atomic mass is 19.4. The van der Waals surface area contributed by atoms with Gasteiger partial charge in [-0.2, -0.15) is 18.3 Å². The molecule has 18 heteroatoms. The van der Waals surface area contributed by atoms with E-state index in [1.54, 1.807) is 22.5 Å². The molecule has 318 valence electrons. The second-order valence-corrected chi connectivity index (χ2v) is 16.0. The molecular weight excluding hydrogens is 792 g/mol. The number of nitrogens with one attached hydrogen (secondary N) is 2. The molecule has 1 atom stereocenters. The van der Waals surface area contributed by atoms with Crippen molar-refractivity contribution in [3.8, 4) is 0 Å². The summed E-state index contributed by atoms with van der Waals surface area (Å²) >= 11 is 0. The van der Waals surface area contributed by atoms with Crippen LogP contribution in [0.2, 0.25) is 0 Å². The van der Waals surface area contributed by atoms with E-state index in [4.69, 9.17) is 4.74 Å². The number of aromatic nitrogens is 5. The number of benzene rings is 2. The first-order valence-electron chi connectivity index (χ1n) is 20.3. The highest BCUT2D eigenvalue weighted by molar-refractivity contribution is 6.04.